The molecule has 0 aliphatic rings. The highest BCUT2D eigenvalue weighted by Gasteiger charge is 1.92. The van der Waals surface area contributed by atoms with Gasteiger partial charge < -0.3 is 16.8 Å². The van der Waals surface area contributed by atoms with Crippen LogP contribution in [-0.4, -0.2) is 23.4 Å². The van der Waals surface area contributed by atoms with Crippen LogP contribution in [0.5, 0.6) is 0 Å². The summed E-state index contributed by atoms with van der Waals surface area (Å²) in [4.78, 5) is 3.84. The number of nitrogens with one attached hydrogen (secondary N) is 1. The minimum Gasteiger partial charge on any atom is -0.370 e. The van der Waals surface area contributed by atoms with Gasteiger partial charge in [0.25, 0.3) is 0 Å². The number of aliphatic imine (C=N–C) groups is 1. The molecule has 13 heavy (non-hydrogen) atoms. The van der Waals surface area contributed by atoms with Crippen LogP contribution in [0.1, 0.15) is 5.69 Å². The molecule has 1 aromatic heterocycles. The lowest BCUT2D eigenvalue weighted by Crippen LogP contribution is -2.25. The largest absolute Gasteiger partial charge is 0.370 e. The third-order valence-corrected chi connectivity index (χ3v) is 1.98. The maximum absolute atomic E-state index is 5.16. The average Bonchev–Trinajstić information content (AvgIpc) is 2.55. The Kier molecular flexibility index (Phi) is 4.20. The van der Waals surface area contributed by atoms with Crippen molar-refractivity contribution in [2.75, 3.05) is 13.1 Å². The summed E-state index contributed by atoms with van der Waals surface area (Å²) in [6, 6.07) is 1.98. The molecular weight excluding hydrogens is 186 g/mol. The lowest BCUT2D eigenvalue weighted by atomic mass is 10.4. The molecule has 1 heterocycles. The quantitative estimate of drug-likeness (QED) is 0.339. The maximum Gasteiger partial charge on any atom is 0.185 e. The maximum atomic E-state index is 5.16. The third-order valence-electron chi connectivity index (χ3n) is 1.38. The number of guanidine groups is 1. The lowest BCUT2D eigenvalue weighted by molar-refractivity contribution is 0.687. The normalized spacial score (nSPS) is 9.85. The summed E-state index contributed by atoms with van der Waals surface area (Å²) in [7, 11) is 0. The van der Waals surface area contributed by atoms with Crippen LogP contribution >= 0.6 is 11.5 Å². The zero-order valence-electron chi connectivity index (χ0n) is 7.23. The lowest BCUT2D eigenvalue weighted by Gasteiger charge is -1.98. The van der Waals surface area contributed by atoms with Gasteiger partial charge in [0.2, 0.25) is 0 Å². The van der Waals surface area contributed by atoms with E-state index in [1.807, 2.05) is 11.4 Å². The molecule has 0 fully saturated rings. The second-order valence-electron chi connectivity index (χ2n) is 2.47. The molecule has 0 aromatic carbocycles. The van der Waals surface area contributed by atoms with E-state index in [2.05, 4.69) is 14.7 Å². The number of hydrogen-bond donors (Lipinski definition) is 3. The van der Waals surface area contributed by atoms with Crippen molar-refractivity contribution in [1.29, 1.82) is 0 Å². The Labute approximate surface area is 81.0 Å². The van der Waals surface area contributed by atoms with E-state index in [4.69, 9.17) is 11.5 Å². The molecule has 0 aliphatic heterocycles. The van der Waals surface area contributed by atoms with Crippen molar-refractivity contribution in [3.05, 3.63) is 17.1 Å². The van der Waals surface area contributed by atoms with Gasteiger partial charge in [-0.15, -0.1) is 0 Å². The van der Waals surface area contributed by atoms with E-state index in [0.29, 0.717) is 6.54 Å². The van der Waals surface area contributed by atoms with Crippen LogP contribution in [0, 0.1) is 0 Å². The SMILES string of the molecule is NC(N)=NCCNCc1ccsn1. The molecule has 0 radical (unpaired) electrons. The number of aromatic nitrogens is 1. The Balaban J connectivity index is 2.05. The first-order valence-electron chi connectivity index (χ1n) is 3.94. The van der Waals surface area contributed by atoms with Crippen LogP contribution in [0.4, 0.5) is 0 Å². The molecule has 0 unspecified atom stereocenters. The molecule has 5 N–H and O–H groups in total. The summed E-state index contributed by atoms with van der Waals surface area (Å²) in [5, 5.41) is 5.12. The molecular formula is C7H13N5S. The highest BCUT2D eigenvalue weighted by molar-refractivity contribution is 7.03. The fourth-order valence-corrected chi connectivity index (χ4v) is 1.35. The van der Waals surface area contributed by atoms with Gasteiger partial charge in [0.05, 0.1) is 12.2 Å². The molecule has 72 valence electrons. The number of rotatable bonds is 5. The van der Waals surface area contributed by atoms with Crippen molar-refractivity contribution < 1.29 is 0 Å². The van der Waals surface area contributed by atoms with Gasteiger partial charge in [-0.1, -0.05) is 0 Å². The molecule has 0 spiro atoms. The summed E-state index contributed by atoms with van der Waals surface area (Å²) in [6.45, 7) is 2.13. The molecule has 6 heteroatoms. The molecule has 1 aromatic rings. The number of hydrogen-bond acceptors (Lipinski definition) is 4. The highest BCUT2D eigenvalue weighted by Crippen LogP contribution is 1.97. The average molecular weight is 199 g/mol. The molecule has 0 aliphatic carbocycles. The van der Waals surface area contributed by atoms with E-state index in [0.717, 1.165) is 18.8 Å². The van der Waals surface area contributed by atoms with E-state index in [9.17, 15) is 0 Å². The van der Waals surface area contributed by atoms with E-state index in [1.165, 1.54) is 11.5 Å². The van der Waals surface area contributed by atoms with Crippen LogP contribution in [0.3, 0.4) is 0 Å². The zero-order valence-corrected chi connectivity index (χ0v) is 8.05. The second kappa shape index (κ2) is 5.50. The van der Waals surface area contributed by atoms with Crippen molar-refractivity contribution in [3.8, 4) is 0 Å². The molecule has 0 bridgehead atoms. The first-order valence-corrected chi connectivity index (χ1v) is 4.78. The van der Waals surface area contributed by atoms with Crippen LogP contribution in [-0.2, 0) is 6.54 Å². The summed E-state index contributed by atoms with van der Waals surface area (Å²) >= 11 is 1.45. The summed E-state index contributed by atoms with van der Waals surface area (Å²) in [5.41, 5.74) is 11.4. The molecule has 0 atom stereocenters. The molecule has 0 saturated carbocycles. The van der Waals surface area contributed by atoms with Gasteiger partial charge in [0, 0.05) is 18.5 Å². The van der Waals surface area contributed by atoms with Gasteiger partial charge in [-0.25, -0.2) is 0 Å². The minimum absolute atomic E-state index is 0.135. The van der Waals surface area contributed by atoms with Crippen molar-refractivity contribution in [2.24, 2.45) is 16.5 Å². The van der Waals surface area contributed by atoms with E-state index in [1.54, 1.807) is 0 Å². The third kappa shape index (κ3) is 4.44. The predicted octanol–water partition coefficient (Wildman–Crippen LogP) is -0.494. The molecule has 1 rings (SSSR count). The van der Waals surface area contributed by atoms with Crippen LogP contribution in [0.15, 0.2) is 16.4 Å². The van der Waals surface area contributed by atoms with E-state index >= 15 is 0 Å². The van der Waals surface area contributed by atoms with E-state index in [-0.39, 0.29) is 5.96 Å². The first kappa shape index (κ1) is 9.94. The van der Waals surface area contributed by atoms with Gasteiger partial charge >= 0.3 is 0 Å². The van der Waals surface area contributed by atoms with Gasteiger partial charge in [-0.2, -0.15) is 4.37 Å². The Morgan fingerprint density at radius 3 is 3.08 bits per heavy atom. The molecule has 0 saturated heterocycles. The minimum atomic E-state index is 0.135. The van der Waals surface area contributed by atoms with Gasteiger partial charge in [-0.05, 0) is 17.6 Å². The van der Waals surface area contributed by atoms with Crippen LogP contribution < -0.4 is 16.8 Å². The second-order valence-corrected chi connectivity index (χ2v) is 3.14. The Hall–Kier alpha value is -1.14. The Morgan fingerprint density at radius 2 is 2.46 bits per heavy atom. The van der Waals surface area contributed by atoms with E-state index < -0.39 is 0 Å². The predicted molar refractivity (Wildman–Crippen MR) is 54.5 cm³/mol. The van der Waals surface area contributed by atoms with Crippen molar-refractivity contribution >= 4 is 17.5 Å². The molecule has 0 amide bonds. The highest BCUT2D eigenvalue weighted by atomic mass is 32.1. The van der Waals surface area contributed by atoms with Gasteiger partial charge in [0.15, 0.2) is 5.96 Å². The monoisotopic (exact) mass is 199 g/mol. The number of nitrogens with two attached hydrogens (primary N) is 2. The summed E-state index contributed by atoms with van der Waals surface area (Å²) < 4.78 is 4.14. The first-order chi connectivity index (χ1) is 6.29. The number of nitrogens with zero attached hydrogens (tertiary/aromatic N) is 2. The fourth-order valence-electron chi connectivity index (χ4n) is 0.809. The standard InChI is InChI=1S/C7H13N5S/c8-7(9)11-3-2-10-5-6-1-4-13-12-6/h1,4,10H,2-3,5H2,(H4,8,9,11). The van der Waals surface area contributed by atoms with Crippen LogP contribution in [0.25, 0.3) is 0 Å². The Morgan fingerprint density at radius 1 is 1.62 bits per heavy atom. The fraction of sp³-hybridized carbons (Fsp3) is 0.429. The topological polar surface area (TPSA) is 89.3 Å². The van der Waals surface area contributed by atoms with Gasteiger partial charge in [-0.3, -0.25) is 4.99 Å². The smallest absolute Gasteiger partial charge is 0.185 e. The summed E-state index contributed by atoms with van der Waals surface area (Å²) in [6.07, 6.45) is 0. The zero-order chi connectivity index (χ0) is 9.52. The van der Waals surface area contributed by atoms with Crippen molar-refractivity contribution in [3.63, 3.8) is 0 Å². The molecule has 5 nitrogen and oxygen atoms in total. The van der Waals surface area contributed by atoms with Crippen molar-refractivity contribution in [1.82, 2.24) is 9.69 Å². The van der Waals surface area contributed by atoms with Gasteiger partial charge in [0.1, 0.15) is 0 Å². The Bertz CT molecular complexity index is 252. The summed E-state index contributed by atoms with van der Waals surface area (Å²) in [5.74, 6) is 0.135. The van der Waals surface area contributed by atoms with Crippen molar-refractivity contribution in [2.45, 2.75) is 6.54 Å². The van der Waals surface area contributed by atoms with Crippen LogP contribution in [0.2, 0.25) is 0 Å².